The highest BCUT2D eigenvalue weighted by Gasteiger charge is 2.20. The second-order valence-electron chi connectivity index (χ2n) is 8.11. The Morgan fingerprint density at radius 3 is 2.65 bits per heavy atom. The summed E-state index contributed by atoms with van der Waals surface area (Å²) in [6.07, 6.45) is 1.12. The lowest BCUT2D eigenvalue weighted by atomic mass is 10.2. The van der Waals surface area contributed by atoms with Gasteiger partial charge in [0.05, 0.1) is 24.2 Å². The summed E-state index contributed by atoms with van der Waals surface area (Å²) in [5.41, 5.74) is 3.60. The molecular formula is C27H28ClN3O2S. The molecule has 0 saturated carbocycles. The van der Waals surface area contributed by atoms with Crippen LogP contribution in [0.3, 0.4) is 0 Å². The monoisotopic (exact) mass is 493 g/mol. The van der Waals surface area contributed by atoms with Crippen LogP contribution in [0.1, 0.15) is 48.1 Å². The SMILES string of the molecule is CCCSc1ccc2c(c1)nc(C(C)NC(=O)c1ccc(OC)cc1)n2Cc1cccc(Cl)c1. The lowest BCUT2D eigenvalue weighted by molar-refractivity contribution is 0.0937. The Balaban J connectivity index is 1.67. The van der Waals surface area contributed by atoms with E-state index < -0.39 is 0 Å². The van der Waals surface area contributed by atoms with Gasteiger partial charge in [-0.2, -0.15) is 0 Å². The molecule has 0 aliphatic heterocycles. The molecule has 1 unspecified atom stereocenters. The summed E-state index contributed by atoms with van der Waals surface area (Å²) in [5.74, 6) is 2.42. The molecule has 1 N–H and O–H groups in total. The molecule has 1 aromatic heterocycles. The second kappa shape index (κ2) is 11.0. The third-order valence-corrected chi connectivity index (χ3v) is 6.97. The molecule has 0 fully saturated rings. The van der Waals surface area contributed by atoms with E-state index >= 15 is 0 Å². The van der Waals surface area contributed by atoms with Gasteiger partial charge in [-0.3, -0.25) is 4.79 Å². The van der Waals surface area contributed by atoms with Crippen LogP contribution in [0.4, 0.5) is 0 Å². The van der Waals surface area contributed by atoms with E-state index in [1.807, 2.05) is 43.0 Å². The van der Waals surface area contributed by atoms with Crippen molar-refractivity contribution in [2.24, 2.45) is 0 Å². The molecule has 0 radical (unpaired) electrons. The van der Waals surface area contributed by atoms with Gasteiger partial charge in [-0.1, -0.05) is 30.7 Å². The Morgan fingerprint density at radius 2 is 1.94 bits per heavy atom. The van der Waals surface area contributed by atoms with Crippen molar-refractivity contribution in [1.29, 1.82) is 0 Å². The van der Waals surface area contributed by atoms with Gasteiger partial charge in [0, 0.05) is 22.0 Å². The van der Waals surface area contributed by atoms with Crippen molar-refractivity contribution < 1.29 is 9.53 Å². The first-order valence-corrected chi connectivity index (χ1v) is 12.7. The highest BCUT2D eigenvalue weighted by molar-refractivity contribution is 7.99. The van der Waals surface area contributed by atoms with Crippen molar-refractivity contribution in [2.75, 3.05) is 12.9 Å². The molecular weight excluding hydrogens is 466 g/mol. The summed E-state index contributed by atoms with van der Waals surface area (Å²) in [4.78, 5) is 19.1. The van der Waals surface area contributed by atoms with Gasteiger partial charge in [-0.15, -0.1) is 11.8 Å². The quantitative estimate of drug-likeness (QED) is 0.262. The zero-order chi connectivity index (χ0) is 24.1. The van der Waals surface area contributed by atoms with Gasteiger partial charge in [-0.05, 0) is 79.3 Å². The van der Waals surface area contributed by atoms with Gasteiger partial charge < -0.3 is 14.6 Å². The summed E-state index contributed by atoms with van der Waals surface area (Å²) in [6, 6.07) is 21.0. The van der Waals surface area contributed by atoms with Gasteiger partial charge >= 0.3 is 0 Å². The predicted molar refractivity (Wildman–Crippen MR) is 140 cm³/mol. The van der Waals surface area contributed by atoms with Crippen molar-refractivity contribution in [2.45, 2.75) is 37.8 Å². The van der Waals surface area contributed by atoms with E-state index in [2.05, 4.69) is 35.0 Å². The molecule has 1 amide bonds. The molecule has 1 heterocycles. The Bertz CT molecular complexity index is 1290. The van der Waals surface area contributed by atoms with E-state index in [4.69, 9.17) is 21.3 Å². The highest BCUT2D eigenvalue weighted by atomic mass is 35.5. The normalized spacial score (nSPS) is 12.0. The molecule has 7 heteroatoms. The van der Waals surface area contributed by atoms with Crippen molar-refractivity contribution in [1.82, 2.24) is 14.9 Å². The van der Waals surface area contributed by atoms with Crippen LogP contribution >= 0.6 is 23.4 Å². The molecule has 4 aromatic rings. The maximum Gasteiger partial charge on any atom is 0.251 e. The minimum atomic E-state index is -0.298. The number of benzene rings is 3. The van der Waals surface area contributed by atoms with E-state index in [9.17, 15) is 4.79 Å². The average molecular weight is 494 g/mol. The number of nitrogens with zero attached hydrogens (tertiary/aromatic N) is 2. The molecule has 3 aromatic carbocycles. The summed E-state index contributed by atoms with van der Waals surface area (Å²) in [5, 5.41) is 3.80. The number of carbonyl (C=O) groups excluding carboxylic acids is 1. The molecule has 4 rings (SSSR count). The molecule has 5 nitrogen and oxygen atoms in total. The van der Waals surface area contributed by atoms with Crippen LogP contribution in [-0.2, 0) is 6.54 Å². The Morgan fingerprint density at radius 1 is 1.15 bits per heavy atom. The van der Waals surface area contributed by atoms with Crippen LogP contribution in [-0.4, -0.2) is 28.3 Å². The highest BCUT2D eigenvalue weighted by Crippen LogP contribution is 2.28. The van der Waals surface area contributed by atoms with Crippen LogP contribution in [0, 0.1) is 0 Å². The number of hydrogen-bond acceptors (Lipinski definition) is 4. The summed E-state index contributed by atoms with van der Waals surface area (Å²) >= 11 is 8.07. The number of imidazole rings is 1. The lowest BCUT2D eigenvalue weighted by Crippen LogP contribution is -2.28. The van der Waals surface area contributed by atoms with Crippen LogP contribution in [0.5, 0.6) is 5.75 Å². The van der Waals surface area contributed by atoms with Crippen molar-refractivity contribution >= 4 is 40.3 Å². The third kappa shape index (κ3) is 5.57. The fourth-order valence-corrected chi connectivity index (χ4v) is 4.85. The summed E-state index contributed by atoms with van der Waals surface area (Å²) in [7, 11) is 1.60. The number of carbonyl (C=O) groups is 1. The van der Waals surface area contributed by atoms with Crippen LogP contribution in [0.15, 0.2) is 71.6 Å². The van der Waals surface area contributed by atoms with Gasteiger partial charge in [0.15, 0.2) is 0 Å². The number of methoxy groups -OCH3 is 1. The minimum absolute atomic E-state index is 0.157. The number of nitrogens with one attached hydrogen (secondary N) is 1. The zero-order valence-electron chi connectivity index (χ0n) is 19.5. The van der Waals surface area contributed by atoms with E-state index in [-0.39, 0.29) is 11.9 Å². The molecule has 0 aliphatic carbocycles. The average Bonchev–Trinajstić information content (AvgIpc) is 3.20. The molecule has 0 aliphatic rings. The lowest BCUT2D eigenvalue weighted by Gasteiger charge is -2.17. The smallest absolute Gasteiger partial charge is 0.251 e. The van der Waals surface area contributed by atoms with Crippen molar-refractivity contribution in [3.8, 4) is 5.75 Å². The number of ether oxygens (including phenoxy) is 1. The van der Waals surface area contributed by atoms with Crippen LogP contribution < -0.4 is 10.1 Å². The number of fused-ring (bicyclic) bond motifs is 1. The van der Waals surface area contributed by atoms with Crippen LogP contribution in [0.2, 0.25) is 5.02 Å². The molecule has 1 atom stereocenters. The zero-order valence-corrected chi connectivity index (χ0v) is 21.1. The number of amides is 1. The number of rotatable bonds is 9. The molecule has 0 saturated heterocycles. The molecule has 34 heavy (non-hydrogen) atoms. The molecule has 0 bridgehead atoms. The van der Waals surface area contributed by atoms with Gasteiger partial charge in [0.2, 0.25) is 0 Å². The number of aromatic nitrogens is 2. The summed E-state index contributed by atoms with van der Waals surface area (Å²) in [6.45, 7) is 4.75. The Kier molecular flexibility index (Phi) is 7.80. The maximum atomic E-state index is 12.9. The Labute approximate surface area is 209 Å². The van der Waals surface area contributed by atoms with Gasteiger partial charge in [0.25, 0.3) is 5.91 Å². The van der Waals surface area contributed by atoms with E-state index in [1.54, 1.807) is 31.4 Å². The van der Waals surface area contributed by atoms with E-state index in [0.29, 0.717) is 22.9 Å². The topological polar surface area (TPSA) is 56.1 Å². The number of hydrogen-bond donors (Lipinski definition) is 1. The van der Waals surface area contributed by atoms with Gasteiger partial charge in [-0.25, -0.2) is 4.98 Å². The second-order valence-corrected chi connectivity index (χ2v) is 9.71. The minimum Gasteiger partial charge on any atom is -0.497 e. The first kappa shape index (κ1) is 24.2. The first-order valence-electron chi connectivity index (χ1n) is 11.3. The Hall–Kier alpha value is -2.96. The maximum absolute atomic E-state index is 12.9. The standard InChI is InChI=1S/C27H28ClN3O2S/c1-4-14-34-23-12-13-25-24(16-23)30-26(31(25)17-19-6-5-7-21(28)15-19)18(2)29-27(32)20-8-10-22(33-3)11-9-20/h5-13,15-16,18H,4,14,17H2,1-3H3,(H,29,32). The van der Waals surface area contributed by atoms with E-state index in [1.165, 1.54) is 4.90 Å². The van der Waals surface area contributed by atoms with Crippen LogP contribution in [0.25, 0.3) is 11.0 Å². The fraction of sp³-hybridized carbons (Fsp3) is 0.259. The first-order chi connectivity index (χ1) is 16.5. The third-order valence-electron chi connectivity index (χ3n) is 5.54. The molecule has 176 valence electrons. The summed E-state index contributed by atoms with van der Waals surface area (Å²) < 4.78 is 7.35. The molecule has 0 spiro atoms. The van der Waals surface area contributed by atoms with E-state index in [0.717, 1.165) is 34.6 Å². The number of halogens is 1. The van der Waals surface area contributed by atoms with Crippen molar-refractivity contribution in [3.63, 3.8) is 0 Å². The van der Waals surface area contributed by atoms with Gasteiger partial charge in [0.1, 0.15) is 11.6 Å². The largest absolute Gasteiger partial charge is 0.497 e. The number of thioether (sulfide) groups is 1. The fourth-order valence-electron chi connectivity index (χ4n) is 3.84. The van der Waals surface area contributed by atoms with Crippen molar-refractivity contribution in [3.05, 3.63) is 88.7 Å². The predicted octanol–water partition coefficient (Wildman–Crippen LogP) is 6.74.